The Kier molecular flexibility index (Phi) is 3.22. The van der Waals surface area contributed by atoms with Crippen LogP contribution in [0.25, 0.3) is 0 Å². The molecule has 0 heterocycles. The molecule has 2 saturated carbocycles. The van der Waals surface area contributed by atoms with Crippen molar-refractivity contribution in [2.45, 2.75) is 66.2 Å². The summed E-state index contributed by atoms with van der Waals surface area (Å²) in [7, 11) is 0. The van der Waals surface area contributed by atoms with Gasteiger partial charge in [-0.2, -0.15) is 0 Å². The molecule has 0 amide bonds. The van der Waals surface area contributed by atoms with E-state index < -0.39 is 0 Å². The van der Waals surface area contributed by atoms with E-state index >= 15 is 0 Å². The monoisotopic (exact) mass is 234 g/mol. The van der Waals surface area contributed by atoms with Crippen LogP contribution in [-0.2, 0) is 4.79 Å². The summed E-state index contributed by atoms with van der Waals surface area (Å²) >= 11 is 0. The Bertz CT molecular complexity index is 351. The zero-order valence-corrected chi connectivity index (χ0v) is 11.8. The molecule has 0 N–H and O–H groups in total. The Labute approximate surface area is 106 Å². The van der Waals surface area contributed by atoms with Crippen LogP contribution in [0.4, 0.5) is 0 Å². The van der Waals surface area contributed by atoms with Gasteiger partial charge in [0.05, 0.1) is 0 Å². The Morgan fingerprint density at radius 3 is 2.53 bits per heavy atom. The van der Waals surface area contributed by atoms with Crippen LogP contribution in [0.3, 0.4) is 0 Å². The Morgan fingerprint density at radius 2 is 2.00 bits per heavy atom. The van der Waals surface area contributed by atoms with Crippen LogP contribution in [0.5, 0.6) is 0 Å². The maximum Gasteiger partial charge on any atom is 0.165 e. The molecule has 0 radical (unpaired) electrons. The lowest BCUT2D eigenvalue weighted by atomic mass is 9.70. The summed E-state index contributed by atoms with van der Waals surface area (Å²) in [6.07, 6.45) is 9.43. The van der Waals surface area contributed by atoms with Crippen LogP contribution < -0.4 is 0 Å². The van der Waals surface area contributed by atoms with E-state index in [0.717, 1.165) is 12.8 Å². The van der Waals surface area contributed by atoms with Gasteiger partial charge in [-0.15, -0.1) is 0 Å². The molecule has 1 nitrogen and oxygen atoms in total. The third-order valence-corrected chi connectivity index (χ3v) is 5.54. The Balaban J connectivity index is 2.14. The fourth-order valence-corrected chi connectivity index (χ4v) is 3.81. The summed E-state index contributed by atoms with van der Waals surface area (Å²) in [5.41, 5.74) is 1.27. The lowest BCUT2D eigenvalue weighted by Gasteiger charge is -2.31. The molecule has 0 spiro atoms. The summed E-state index contributed by atoms with van der Waals surface area (Å²) in [6.45, 7) is 8.98. The molecule has 2 fully saturated rings. The van der Waals surface area contributed by atoms with Gasteiger partial charge in [-0.1, -0.05) is 46.6 Å². The second-order valence-corrected chi connectivity index (χ2v) is 6.63. The summed E-state index contributed by atoms with van der Waals surface area (Å²) in [6, 6.07) is 0. The minimum atomic E-state index is -0.0751. The van der Waals surface area contributed by atoms with E-state index in [1.807, 2.05) is 0 Å². The van der Waals surface area contributed by atoms with E-state index in [1.54, 1.807) is 0 Å². The van der Waals surface area contributed by atoms with E-state index in [0.29, 0.717) is 11.7 Å². The van der Waals surface area contributed by atoms with E-state index in [-0.39, 0.29) is 10.8 Å². The van der Waals surface area contributed by atoms with Crippen molar-refractivity contribution in [1.29, 1.82) is 0 Å². The SMILES string of the molecule is CCCCC/C=C1/C(=O)[C@@]2(C)CC[C@@H]1C2(C)C. The topological polar surface area (TPSA) is 17.1 Å². The van der Waals surface area contributed by atoms with Crippen molar-refractivity contribution < 1.29 is 4.79 Å². The van der Waals surface area contributed by atoms with Crippen LogP contribution in [0.2, 0.25) is 0 Å². The summed E-state index contributed by atoms with van der Waals surface area (Å²) in [4.78, 5) is 12.5. The van der Waals surface area contributed by atoms with E-state index in [4.69, 9.17) is 0 Å². The number of rotatable bonds is 4. The normalized spacial score (nSPS) is 37.1. The third-order valence-electron chi connectivity index (χ3n) is 5.54. The van der Waals surface area contributed by atoms with Gasteiger partial charge in [-0.05, 0) is 42.6 Å². The van der Waals surface area contributed by atoms with Crippen molar-refractivity contribution in [3.8, 4) is 0 Å². The van der Waals surface area contributed by atoms with Gasteiger partial charge in [0, 0.05) is 5.41 Å². The van der Waals surface area contributed by atoms with Crippen LogP contribution in [-0.4, -0.2) is 5.78 Å². The minimum Gasteiger partial charge on any atom is -0.294 e. The first kappa shape index (κ1) is 12.9. The van der Waals surface area contributed by atoms with Gasteiger partial charge in [0.1, 0.15) is 0 Å². The smallest absolute Gasteiger partial charge is 0.165 e. The minimum absolute atomic E-state index is 0.0751. The highest BCUT2D eigenvalue weighted by atomic mass is 16.1. The highest BCUT2D eigenvalue weighted by Gasteiger charge is 2.63. The summed E-state index contributed by atoms with van der Waals surface area (Å²) in [5.74, 6) is 0.983. The molecule has 2 bridgehead atoms. The first-order valence-electron chi connectivity index (χ1n) is 7.20. The van der Waals surface area contributed by atoms with Crippen molar-refractivity contribution in [2.24, 2.45) is 16.7 Å². The molecule has 0 saturated heterocycles. The number of ketones is 1. The van der Waals surface area contributed by atoms with Crippen molar-refractivity contribution in [2.75, 3.05) is 0 Å². The quantitative estimate of drug-likeness (QED) is 0.516. The molecule has 2 aliphatic rings. The highest BCUT2D eigenvalue weighted by molar-refractivity contribution is 6.04. The Morgan fingerprint density at radius 1 is 1.29 bits per heavy atom. The van der Waals surface area contributed by atoms with Crippen molar-refractivity contribution >= 4 is 5.78 Å². The third kappa shape index (κ3) is 1.70. The van der Waals surface area contributed by atoms with E-state index in [2.05, 4.69) is 33.8 Å². The molecule has 96 valence electrons. The molecule has 0 aromatic rings. The molecular weight excluding hydrogens is 208 g/mol. The zero-order valence-electron chi connectivity index (χ0n) is 11.8. The van der Waals surface area contributed by atoms with E-state index in [9.17, 15) is 4.79 Å². The van der Waals surface area contributed by atoms with Crippen molar-refractivity contribution in [3.05, 3.63) is 11.6 Å². The Hall–Kier alpha value is -0.590. The maximum atomic E-state index is 12.5. The molecule has 0 unspecified atom stereocenters. The number of fused-ring (bicyclic) bond motifs is 2. The molecule has 0 aromatic carbocycles. The first-order valence-corrected chi connectivity index (χ1v) is 7.20. The molecule has 2 rings (SSSR count). The number of hydrogen-bond acceptors (Lipinski definition) is 1. The van der Waals surface area contributed by atoms with Gasteiger partial charge < -0.3 is 0 Å². The van der Waals surface area contributed by atoms with Crippen LogP contribution >= 0.6 is 0 Å². The molecule has 2 atom stereocenters. The van der Waals surface area contributed by atoms with Crippen molar-refractivity contribution in [3.63, 3.8) is 0 Å². The van der Waals surface area contributed by atoms with Crippen molar-refractivity contribution in [1.82, 2.24) is 0 Å². The van der Waals surface area contributed by atoms with Gasteiger partial charge in [0.2, 0.25) is 0 Å². The van der Waals surface area contributed by atoms with E-state index in [1.165, 1.54) is 31.3 Å². The average Bonchev–Trinajstić information content (AvgIpc) is 2.58. The summed E-state index contributed by atoms with van der Waals surface area (Å²) < 4.78 is 0. The van der Waals surface area contributed by atoms with Gasteiger partial charge >= 0.3 is 0 Å². The number of carbonyl (C=O) groups is 1. The van der Waals surface area contributed by atoms with Gasteiger partial charge in [-0.25, -0.2) is 0 Å². The zero-order chi connectivity index (χ0) is 12.7. The molecule has 1 heteroatoms. The molecular formula is C16H26O. The fraction of sp³-hybridized carbons (Fsp3) is 0.812. The predicted octanol–water partition coefficient (Wildman–Crippen LogP) is 4.52. The fourth-order valence-electron chi connectivity index (χ4n) is 3.81. The first-order chi connectivity index (χ1) is 7.95. The largest absolute Gasteiger partial charge is 0.294 e. The molecule has 2 aliphatic carbocycles. The second-order valence-electron chi connectivity index (χ2n) is 6.63. The lowest BCUT2D eigenvalue weighted by Crippen LogP contribution is -2.32. The number of hydrogen-bond donors (Lipinski definition) is 0. The predicted molar refractivity (Wildman–Crippen MR) is 71.8 cm³/mol. The number of carbonyl (C=O) groups excluding carboxylic acids is 1. The standard InChI is InChI=1S/C16H26O/c1-5-6-7-8-9-12-13-10-11-16(4,14(12)17)15(13,2)3/h9,13H,5-8,10-11H2,1-4H3/b12-9+/t13-,16+/m0/s1. The number of allylic oxidation sites excluding steroid dienone is 2. The van der Waals surface area contributed by atoms with Gasteiger partial charge in [-0.3, -0.25) is 4.79 Å². The number of unbranched alkanes of at least 4 members (excludes halogenated alkanes) is 3. The van der Waals surface area contributed by atoms with Gasteiger partial charge in [0.25, 0.3) is 0 Å². The highest BCUT2D eigenvalue weighted by Crippen LogP contribution is 2.65. The van der Waals surface area contributed by atoms with Gasteiger partial charge in [0.15, 0.2) is 5.78 Å². The summed E-state index contributed by atoms with van der Waals surface area (Å²) in [5, 5.41) is 0. The second kappa shape index (κ2) is 4.26. The molecule has 0 aliphatic heterocycles. The van der Waals surface area contributed by atoms with Crippen LogP contribution in [0.15, 0.2) is 11.6 Å². The molecule has 17 heavy (non-hydrogen) atoms. The van der Waals surface area contributed by atoms with Crippen LogP contribution in [0.1, 0.15) is 66.2 Å². The average molecular weight is 234 g/mol. The maximum absolute atomic E-state index is 12.5. The molecule has 0 aromatic heterocycles. The number of Topliss-reactive ketones (excluding diaryl/α,β-unsaturated/α-hetero) is 1. The lowest BCUT2D eigenvalue weighted by molar-refractivity contribution is -0.125. The van der Waals surface area contributed by atoms with Crippen LogP contribution in [0, 0.1) is 16.7 Å².